The number of thiazole rings is 1. The molecule has 1 fully saturated rings. The SMILES string of the molecule is CC(CCCNc1cc(F)c(S(=O)(=O)Nc2nccs2)cc1Cl)CC[C@@H]1CCCN1. The molecule has 0 aliphatic carbocycles. The second-order valence-corrected chi connectivity index (χ2v) is 10.7. The molecule has 6 nitrogen and oxygen atoms in total. The van der Waals surface area contributed by atoms with Crippen molar-refractivity contribution in [1.82, 2.24) is 10.3 Å². The molecule has 0 saturated carbocycles. The molecule has 1 saturated heterocycles. The first-order valence-corrected chi connectivity index (χ1v) is 13.0. The summed E-state index contributed by atoms with van der Waals surface area (Å²) in [6.07, 6.45) is 8.45. The van der Waals surface area contributed by atoms with Gasteiger partial charge < -0.3 is 10.6 Å². The lowest BCUT2D eigenvalue weighted by Gasteiger charge is -2.16. The molecule has 0 amide bonds. The number of hydrogen-bond donors (Lipinski definition) is 3. The highest BCUT2D eigenvalue weighted by Crippen LogP contribution is 2.29. The summed E-state index contributed by atoms with van der Waals surface area (Å²) in [7, 11) is -4.10. The minimum Gasteiger partial charge on any atom is -0.384 e. The van der Waals surface area contributed by atoms with Crippen molar-refractivity contribution in [2.75, 3.05) is 23.1 Å². The summed E-state index contributed by atoms with van der Waals surface area (Å²) in [6, 6.07) is 2.94. The van der Waals surface area contributed by atoms with Crippen molar-refractivity contribution in [2.45, 2.75) is 56.4 Å². The van der Waals surface area contributed by atoms with Crippen LogP contribution < -0.4 is 15.4 Å². The molecule has 1 aliphatic heterocycles. The first-order chi connectivity index (χ1) is 14.3. The predicted octanol–water partition coefficient (Wildman–Crippen LogP) is 5.10. The Morgan fingerprint density at radius 3 is 2.93 bits per heavy atom. The van der Waals surface area contributed by atoms with E-state index in [4.69, 9.17) is 11.6 Å². The van der Waals surface area contributed by atoms with Crippen LogP contribution in [0.1, 0.15) is 45.4 Å². The molecule has 2 atom stereocenters. The highest BCUT2D eigenvalue weighted by Gasteiger charge is 2.22. The minimum absolute atomic E-state index is 0.163. The van der Waals surface area contributed by atoms with E-state index in [0.29, 0.717) is 24.2 Å². The molecule has 1 unspecified atom stereocenters. The normalized spacial score (nSPS) is 17.8. The number of nitrogens with zero attached hydrogens (tertiary/aromatic N) is 1. The van der Waals surface area contributed by atoms with Gasteiger partial charge in [0.25, 0.3) is 10.0 Å². The first-order valence-electron chi connectivity index (χ1n) is 10.2. The molecule has 1 aliphatic rings. The van der Waals surface area contributed by atoms with Crippen molar-refractivity contribution in [3.8, 4) is 0 Å². The van der Waals surface area contributed by atoms with E-state index in [1.165, 1.54) is 31.9 Å². The van der Waals surface area contributed by atoms with E-state index in [1.807, 2.05) is 0 Å². The molecular formula is C20H28ClFN4O2S2. The number of hydrogen-bond acceptors (Lipinski definition) is 6. The fourth-order valence-electron chi connectivity index (χ4n) is 3.62. The number of rotatable bonds is 11. The Balaban J connectivity index is 1.49. The predicted molar refractivity (Wildman–Crippen MR) is 121 cm³/mol. The highest BCUT2D eigenvalue weighted by atomic mass is 35.5. The summed E-state index contributed by atoms with van der Waals surface area (Å²) in [5, 5.41) is 8.61. The lowest BCUT2D eigenvalue weighted by molar-refractivity contribution is 0.422. The van der Waals surface area contributed by atoms with Crippen LogP contribution in [0.2, 0.25) is 5.02 Å². The molecular weight excluding hydrogens is 447 g/mol. The van der Waals surface area contributed by atoms with Crippen LogP contribution in [0.4, 0.5) is 15.2 Å². The van der Waals surface area contributed by atoms with Crippen LogP contribution in [-0.2, 0) is 10.0 Å². The third-order valence-corrected chi connectivity index (χ3v) is 7.81. The lowest BCUT2D eigenvalue weighted by atomic mass is 9.96. The average molecular weight is 475 g/mol. The molecule has 166 valence electrons. The zero-order valence-corrected chi connectivity index (χ0v) is 19.3. The zero-order valence-electron chi connectivity index (χ0n) is 17.0. The Bertz CT molecular complexity index is 919. The van der Waals surface area contributed by atoms with Gasteiger partial charge in [0, 0.05) is 24.2 Å². The van der Waals surface area contributed by atoms with E-state index in [-0.39, 0.29) is 10.2 Å². The van der Waals surface area contributed by atoms with Crippen molar-refractivity contribution in [3.63, 3.8) is 0 Å². The molecule has 2 aromatic rings. The Labute approximate surface area is 186 Å². The Morgan fingerprint density at radius 2 is 2.23 bits per heavy atom. The molecule has 30 heavy (non-hydrogen) atoms. The van der Waals surface area contributed by atoms with Crippen molar-refractivity contribution in [2.24, 2.45) is 5.92 Å². The molecule has 0 radical (unpaired) electrons. The molecule has 0 spiro atoms. The van der Waals surface area contributed by atoms with Gasteiger partial charge in [0.2, 0.25) is 0 Å². The van der Waals surface area contributed by atoms with Crippen molar-refractivity contribution in [3.05, 3.63) is 34.5 Å². The van der Waals surface area contributed by atoms with Crippen molar-refractivity contribution in [1.29, 1.82) is 0 Å². The van der Waals surface area contributed by atoms with Gasteiger partial charge in [0.15, 0.2) is 5.13 Å². The van der Waals surface area contributed by atoms with Gasteiger partial charge in [-0.25, -0.2) is 17.8 Å². The number of halogens is 2. The van der Waals surface area contributed by atoms with Crippen LogP contribution in [0.5, 0.6) is 0 Å². The summed E-state index contributed by atoms with van der Waals surface area (Å²) in [5.74, 6) is -0.228. The molecule has 3 N–H and O–H groups in total. The monoisotopic (exact) mass is 474 g/mol. The van der Waals surface area contributed by atoms with E-state index < -0.39 is 20.7 Å². The lowest BCUT2D eigenvalue weighted by Crippen LogP contribution is -2.21. The van der Waals surface area contributed by atoms with Crippen LogP contribution >= 0.6 is 22.9 Å². The van der Waals surface area contributed by atoms with Crippen molar-refractivity contribution < 1.29 is 12.8 Å². The molecule has 0 bridgehead atoms. The quantitative estimate of drug-likeness (QED) is 0.395. The topological polar surface area (TPSA) is 83.1 Å². The van der Waals surface area contributed by atoms with Gasteiger partial charge in [-0.2, -0.15) is 0 Å². The number of anilines is 2. The molecule has 10 heteroatoms. The maximum absolute atomic E-state index is 14.5. The highest BCUT2D eigenvalue weighted by molar-refractivity contribution is 7.93. The second-order valence-electron chi connectivity index (χ2n) is 7.75. The summed E-state index contributed by atoms with van der Waals surface area (Å²) >= 11 is 7.32. The molecule has 1 aromatic heterocycles. The van der Waals surface area contributed by atoms with Crippen LogP contribution in [0.25, 0.3) is 0 Å². The number of aromatic nitrogens is 1. The third kappa shape index (κ3) is 6.54. The summed E-state index contributed by atoms with van der Waals surface area (Å²) < 4.78 is 41.6. The maximum atomic E-state index is 14.5. The van der Waals surface area contributed by atoms with Crippen LogP contribution in [0, 0.1) is 11.7 Å². The second kappa shape index (κ2) is 10.7. The smallest absolute Gasteiger partial charge is 0.266 e. The molecule has 3 rings (SSSR count). The van der Waals surface area contributed by atoms with Gasteiger partial charge in [-0.05, 0) is 63.1 Å². The van der Waals surface area contributed by atoms with E-state index in [1.54, 1.807) is 5.38 Å². The number of nitrogens with one attached hydrogen (secondary N) is 3. The van der Waals surface area contributed by atoms with Gasteiger partial charge in [0.05, 0.1) is 10.7 Å². The third-order valence-electron chi connectivity index (χ3n) is 5.32. The average Bonchev–Trinajstić information content (AvgIpc) is 3.39. The van der Waals surface area contributed by atoms with Gasteiger partial charge in [0.1, 0.15) is 10.7 Å². The standard InChI is InChI=1S/C20H28ClFN4O2S2/c1-14(6-7-15-5-3-8-23-15)4-2-9-24-18-13-17(22)19(12-16(18)21)30(27,28)26-20-25-10-11-29-20/h10-15,23-24H,2-9H2,1H3,(H,25,26)/t14?,15-/m0/s1. The van der Waals surface area contributed by atoms with Crippen molar-refractivity contribution >= 4 is 43.8 Å². The molecule has 1 aromatic carbocycles. The van der Waals surface area contributed by atoms with Gasteiger partial charge >= 0.3 is 0 Å². The Kier molecular flexibility index (Phi) is 8.33. The first kappa shape index (κ1) is 23.2. The largest absolute Gasteiger partial charge is 0.384 e. The van der Waals surface area contributed by atoms with E-state index >= 15 is 0 Å². The van der Waals surface area contributed by atoms with E-state index in [0.717, 1.165) is 42.9 Å². The Hall–Kier alpha value is -1.42. The van der Waals surface area contributed by atoms with Crippen LogP contribution in [0.3, 0.4) is 0 Å². The van der Waals surface area contributed by atoms with Crippen LogP contribution in [-0.4, -0.2) is 32.5 Å². The number of sulfonamides is 1. The fourth-order valence-corrected chi connectivity index (χ4v) is 5.79. The van der Waals surface area contributed by atoms with Gasteiger partial charge in [-0.3, -0.25) is 4.72 Å². The van der Waals surface area contributed by atoms with E-state index in [2.05, 4.69) is 27.3 Å². The number of benzene rings is 1. The minimum atomic E-state index is -4.10. The summed E-state index contributed by atoms with van der Waals surface area (Å²) in [5.41, 5.74) is 0.394. The Morgan fingerprint density at radius 1 is 1.40 bits per heavy atom. The molecule has 2 heterocycles. The maximum Gasteiger partial charge on any atom is 0.266 e. The van der Waals surface area contributed by atoms with Gasteiger partial charge in [-0.15, -0.1) is 11.3 Å². The summed E-state index contributed by atoms with van der Waals surface area (Å²) in [6.45, 7) is 4.05. The summed E-state index contributed by atoms with van der Waals surface area (Å²) in [4.78, 5) is 3.36. The van der Waals surface area contributed by atoms with E-state index in [9.17, 15) is 12.8 Å². The zero-order chi connectivity index (χ0) is 21.6. The van der Waals surface area contributed by atoms with Crippen LogP contribution in [0.15, 0.2) is 28.6 Å². The fraction of sp³-hybridized carbons (Fsp3) is 0.550. The van der Waals surface area contributed by atoms with Gasteiger partial charge in [-0.1, -0.05) is 18.5 Å².